The summed E-state index contributed by atoms with van der Waals surface area (Å²) in [6.45, 7) is 4.20. The number of hydrogen-bond acceptors (Lipinski definition) is 3. The molecule has 2 amide bonds. The molecule has 2 rings (SSSR count). The molecule has 2 N–H and O–H groups in total. The molecule has 1 aromatic carbocycles. The van der Waals surface area contributed by atoms with Crippen LogP contribution in [0.4, 0.5) is 5.69 Å². The largest absolute Gasteiger partial charge is 0.388 e. The van der Waals surface area contributed by atoms with Crippen LogP contribution in [0.5, 0.6) is 0 Å². The first-order chi connectivity index (χ1) is 10.4. The third-order valence-corrected chi connectivity index (χ3v) is 4.66. The molecule has 1 aromatic rings. The maximum atomic E-state index is 12.3. The molecule has 0 fully saturated rings. The van der Waals surface area contributed by atoms with E-state index in [0.29, 0.717) is 36.5 Å². The van der Waals surface area contributed by atoms with Gasteiger partial charge in [0.15, 0.2) is 0 Å². The van der Waals surface area contributed by atoms with Gasteiger partial charge >= 0.3 is 11.8 Å². The first kappa shape index (κ1) is 16.8. The van der Waals surface area contributed by atoms with Gasteiger partial charge in [-0.15, -0.1) is 0 Å². The van der Waals surface area contributed by atoms with E-state index in [-0.39, 0.29) is 6.54 Å². The normalized spacial score (nSPS) is 13.9. The van der Waals surface area contributed by atoms with Gasteiger partial charge in [-0.2, -0.15) is 0 Å². The molecular formula is C16H21ClN2O3. The molecule has 120 valence electrons. The van der Waals surface area contributed by atoms with E-state index >= 15 is 0 Å². The number of carbonyl (C=O) groups excluding carboxylic acids is 2. The van der Waals surface area contributed by atoms with Crippen LogP contribution in [0.15, 0.2) is 18.2 Å². The van der Waals surface area contributed by atoms with E-state index in [4.69, 9.17) is 11.6 Å². The van der Waals surface area contributed by atoms with E-state index in [1.807, 2.05) is 13.8 Å². The second-order valence-corrected chi connectivity index (χ2v) is 5.97. The summed E-state index contributed by atoms with van der Waals surface area (Å²) in [5, 5.41) is 13.3. The van der Waals surface area contributed by atoms with Crippen LogP contribution in [-0.2, 0) is 16.0 Å². The van der Waals surface area contributed by atoms with Crippen molar-refractivity contribution in [1.29, 1.82) is 0 Å². The number of fused-ring (bicyclic) bond motifs is 1. The number of halogens is 1. The molecule has 5 nitrogen and oxygen atoms in total. The van der Waals surface area contributed by atoms with E-state index in [2.05, 4.69) is 5.32 Å². The zero-order chi connectivity index (χ0) is 16.3. The lowest BCUT2D eigenvalue weighted by Crippen LogP contribution is -2.48. The third kappa shape index (κ3) is 3.25. The maximum absolute atomic E-state index is 12.3. The zero-order valence-corrected chi connectivity index (χ0v) is 13.6. The monoisotopic (exact) mass is 324 g/mol. The topological polar surface area (TPSA) is 69.6 Å². The minimum Gasteiger partial charge on any atom is -0.388 e. The molecule has 22 heavy (non-hydrogen) atoms. The highest BCUT2D eigenvalue weighted by atomic mass is 35.5. The summed E-state index contributed by atoms with van der Waals surface area (Å²) in [7, 11) is 0. The molecule has 1 heterocycles. The Morgan fingerprint density at radius 3 is 2.68 bits per heavy atom. The first-order valence-electron chi connectivity index (χ1n) is 7.51. The predicted molar refractivity (Wildman–Crippen MR) is 86.1 cm³/mol. The Morgan fingerprint density at radius 2 is 2.05 bits per heavy atom. The standard InChI is InChI=1S/C16H21ClN2O3/c1-3-16(22,4-2)10-18-14(20)15(21)19-9-8-11-12(17)6-5-7-13(11)19/h5-7,22H,3-4,8-10H2,1-2H3,(H,18,20). The molecular weight excluding hydrogens is 304 g/mol. The van der Waals surface area contributed by atoms with Gasteiger partial charge in [0.1, 0.15) is 0 Å². The summed E-state index contributed by atoms with van der Waals surface area (Å²) < 4.78 is 0. The summed E-state index contributed by atoms with van der Waals surface area (Å²) in [5.41, 5.74) is 0.611. The van der Waals surface area contributed by atoms with Gasteiger partial charge < -0.3 is 15.3 Å². The number of amides is 2. The first-order valence-corrected chi connectivity index (χ1v) is 7.89. The summed E-state index contributed by atoms with van der Waals surface area (Å²) in [6.07, 6.45) is 1.67. The Bertz CT molecular complexity index is 585. The van der Waals surface area contributed by atoms with Crippen LogP contribution in [0.2, 0.25) is 5.02 Å². The maximum Gasteiger partial charge on any atom is 0.316 e. The Kier molecular flexibility index (Phi) is 5.08. The van der Waals surface area contributed by atoms with Crippen molar-refractivity contribution in [3.8, 4) is 0 Å². The van der Waals surface area contributed by atoms with Crippen molar-refractivity contribution in [1.82, 2.24) is 5.32 Å². The van der Waals surface area contributed by atoms with Crippen LogP contribution >= 0.6 is 11.6 Å². The van der Waals surface area contributed by atoms with Crippen LogP contribution < -0.4 is 10.2 Å². The highest BCUT2D eigenvalue weighted by Gasteiger charge is 2.31. The SMILES string of the molecule is CCC(O)(CC)CNC(=O)C(=O)N1CCc2c(Cl)cccc21. The predicted octanol–water partition coefficient (Wildman–Crippen LogP) is 1.90. The Morgan fingerprint density at radius 1 is 1.36 bits per heavy atom. The summed E-state index contributed by atoms with van der Waals surface area (Å²) in [4.78, 5) is 25.8. The number of rotatable bonds is 4. The van der Waals surface area contributed by atoms with Crippen LogP contribution in [0.25, 0.3) is 0 Å². The molecule has 0 saturated carbocycles. The third-order valence-electron chi connectivity index (χ3n) is 4.30. The van der Waals surface area contributed by atoms with Crippen LogP contribution in [0.1, 0.15) is 32.3 Å². The fourth-order valence-corrected chi connectivity index (χ4v) is 2.81. The molecule has 0 unspecified atom stereocenters. The number of aliphatic hydroxyl groups is 1. The summed E-state index contributed by atoms with van der Waals surface area (Å²) in [6, 6.07) is 5.32. The lowest BCUT2D eigenvalue weighted by Gasteiger charge is -2.25. The Balaban J connectivity index is 2.05. The molecule has 0 saturated heterocycles. The van der Waals surface area contributed by atoms with E-state index in [9.17, 15) is 14.7 Å². The van der Waals surface area contributed by atoms with Crippen molar-refractivity contribution in [2.45, 2.75) is 38.7 Å². The van der Waals surface area contributed by atoms with Crippen molar-refractivity contribution >= 4 is 29.1 Å². The molecule has 1 aliphatic heterocycles. The fraction of sp³-hybridized carbons (Fsp3) is 0.500. The second kappa shape index (κ2) is 6.67. The number of hydrogen-bond donors (Lipinski definition) is 2. The number of carbonyl (C=O) groups is 2. The minimum absolute atomic E-state index is 0.0703. The second-order valence-electron chi connectivity index (χ2n) is 5.56. The van der Waals surface area contributed by atoms with E-state index in [0.717, 1.165) is 5.56 Å². The summed E-state index contributed by atoms with van der Waals surface area (Å²) >= 11 is 6.11. The fourth-order valence-electron chi connectivity index (χ4n) is 2.55. The average molecular weight is 325 g/mol. The van der Waals surface area contributed by atoms with Gasteiger partial charge in [0.05, 0.1) is 5.60 Å². The highest BCUT2D eigenvalue weighted by Crippen LogP contribution is 2.33. The lowest BCUT2D eigenvalue weighted by molar-refractivity contribution is -0.138. The average Bonchev–Trinajstić information content (AvgIpc) is 2.97. The van der Waals surface area contributed by atoms with Gasteiger partial charge in [-0.1, -0.05) is 31.5 Å². The molecule has 0 aromatic heterocycles. The number of anilines is 1. The minimum atomic E-state index is -0.970. The van der Waals surface area contributed by atoms with Crippen LogP contribution in [-0.4, -0.2) is 35.6 Å². The van der Waals surface area contributed by atoms with E-state index in [1.54, 1.807) is 18.2 Å². The zero-order valence-electron chi connectivity index (χ0n) is 12.9. The van der Waals surface area contributed by atoms with E-state index in [1.165, 1.54) is 4.90 Å². The molecule has 0 radical (unpaired) electrons. The van der Waals surface area contributed by atoms with Crippen molar-refractivity contribution in [3.63, 3.8) is 0 Å². The number of nitrogens with one attached hydrogen (secondary N) is 1. The van der Waals surface area contributed by atoms with Gasteiger partial charge in [0.2, 0.25) is 0 Å². The van der Waals surface area contributed by atoms with Gasteiger partial charge in [-0.05, 0) is 37.0 Å². The molecule has 0 atom stereocenters. The lowest BCUT2D eigenvalue weighted by atomic mass is 9.98. The molecule has 0 bridgehead atoms. The van der Waals surface area contributed by atoms with Gasteiger partial charge in [0.25, 0.3) is 0 Å². The Hall–Kier alpha value is -1.59. The van der Waals surface area contributed by atoms with Crippen molar-refractivity contribution < 1.29 is 14.7 Å². The number of nitrogens with zero attached hydrogens (tertiary/aromatic N) is 1. The molecule has 6 heteroatoms. The molecule has 0 spiro atoms. The molecule has 1 aliphatic rings. The van der Waals surface area contributed by atoms with E-state index < -0.39 is 17.4 Å². The molecule has 0 aliphatic carbocycles. The highest BCUT2D eigenvalue weighted by molar-refractivity contribution is 6.41. The van der Waals surface area contributed by atoms with Gasteiger partial charge in [0, 0.05) is 23.8 Å². The smallest absolute Gasteiger partial charge is 0.316 e. The quantitative estimate of drug-likeness (QED) is 0.831. The van der Waals surface area contributed by atoms with Gasteiger partial charge in [-0.3, -0.25) is 9.59 Å². The van der Waals surface area contributed by atoms with Crippen molar-refractivity contribution in [3.05, 3.63) is 28.8 Å². The Labute approximate surface area is 135 Å². The van der Waals surface area contributed by atoms with Crippen LogP contribution in [0.3, 0.4) is 0 Å². The van der Waals surface area contributed by atoms with Gasteiger partial charge in [-0.25, -0.2) is 0 Å². The van der Waals surface area contributed by atoms with Crippen LogP contribution in [0, 0.1) is 0 Å². The summed E-state index contributed by atoms with van der Waals surface area (Å²) in [5.74, 6) is -1.32. The van der Waals surface area contributed by atoms with Crippen molar-refractivity contribution in [2.24, 2.45) is 0 Å². The number of benzene rings is 1. The van der Waals surface area contributed by atoms with Crippen molar-refractivity contribution in [2.75, 3.05) is 18.0 Å².